The number of aromatic nitrogens is 1. The Morgan fingerprint density at radius 3 is 2.87 bits per heavy atom. The molecule has 3 heteroatoms. The molecule has 15 heavy (non-hydrogen) atoms. The van der Waals surface area contributed by atoms with Crippen molar-refractivity contribution in [2.45, 2.75) is 38.2 Å². The minimum Gasteiger partial charge on any atom is -0.474 e. The molecule has 1 aromatic heterocycles. The molecule has 1 heterocycles. The lowest BCUT2D eigenvalue weighted by Crippen LogP contribution is -2.20. The van der Waals surface area contributed by atoms with Crippen molar-refractivity contribution in [3.63, 3.8) is 0 Å². The van der Waals surface area contributed by atoms with Crippen LogP contribution in [0.4, 0.5) is 0 Å². The molecule has 80 valence electrons. The van der Waals surface area contributed by atoms with Gasteiger partial charge in [-0.1, -0.05) is 6.42 Å². The molecule has 0 bridgehead atoms. The molecule has 1 aliphatic carbocycles. The second-order valence-electron chi connectivity index (χ2n) is 3.92. The molecule has 0 radical (unpaired) electrons. The first-order valence-corrected chi connectivity index (χ1v) is 5.46. The fourth-order valence-corrected chi connectivity index (χ4v) is 1.92. The van der Waals surface area contributed by atoms with Crippen LogP contribution in [0.5, 0.6) is 5.88 Å². The van der Waals surface area contributed by atoms with Gasteiger partial charge in [0.15, 0.2) is 0 Å². The molecule has 2 rings (SSSR count). The summed E-state index contributed by atoms with van der Waals surface area (Å²) in [6.07, 6.45) is 8.70. The number of hydrogen-bond acceptors (Lipinski definition) is 3. The van der Waals surface area contributed by atoms with Gasteiger partial charge in [0.1, 0.15) is 12.4 Å². The van der Waals surface area contributed by atoms with Gasteiger partial charge in [0, 0.05) is 17.8 Å². The van der Waals surface area contributed by atoms with Gasteiger partial charge in [0.2, 0.25) is 5.88 Å². The van der Waals surface area contributed by atoms with E-state index in [1.807, 2.05) is 0 Å². The van der Waals surface area contributed by atoms with Gasteiger partial charge < -0.3 is 4.74 Å². The van der Waals surface area contributed by atoms with Crippen molar-refractivity contribution in [2.75, 3.05) is 0 Å². The number of pyridine rings is 1. The molecule has 0 atom stereocenters. The third-order valence-corrected chi connectivity index (χ3v) is 2.73. The number of ether oxygens (including phenoxy) is 1. The highest BCUT2D eigenvalue weighted by atomic mass is 16.5. The van der Waals surface area contributed by atoms with E-state index in [0.717, 1.165) is 19.1 Å². The summed E-state index contributed by atoms with van der Waals surface area (Å²) in [7, 11) is 0. The van der Waals surface area contributed by atoms with E-state index in [4.69, 9.17) is 4.74 Å². The van der Waals surface area contributed by atoms with Gasteiger partial charge in [-0.05, 0) is 31.7 Å². The quantitative estimate of drug-likeness (QED) is 0.712. The fraction of sp³-hybridized carbons (Fsp3) is 0.500. The highest BCUT2D eigenvalue weighted by Gasteiger charge is 2.15. The lowest BCUT2D eigenvalue weighted by molar-refractivity contribution is 0.112. The van der Waals surface area contributed by atoms with E-state index in [2.05, 4.69) is 4.98 Å². The molecule has 3 nitrogen and oxygen atoms in total. The van der Waals surface area contributed by atoms with Crippen LogP contribution in [-0.2, 0) is 0 Å². The maximum atomic E-state index is 10.6. The summed E-state index contributed by atoms with van der Waals surface area (Å²) in [4.78, 5) is 14.7. The predicted molar refractivity (Wildman–Crippen MR) is 57.1 cm³/mol. The van der Waals surface area contributed by atoms with Gasteiger partial charge in [-0.2, -0.15) is 0 Å². The third kappa shape index (κ3) is 2.78. The van der Waals surface area contributed by atoms with E-state index >= 15 is 0 Å². The third-order valence-electron chi connectivity index (χ3n) is 2.73. The zero-order valence-corrected chi connectivity index (χ0v) is 8.69. The first-order chi connectivity index (χ1) is 7.38. The van der Waals surface area contributed by atoms with Crippen LogP contribution in [0.15, 0.2) is 18.3 Å². The van der Waals surface area contributed by atoms with Gasteiger partial charge >= 0.3 is 0 Å². The molecule has 0 N–H and O–H groups in total. The Labute approximate surface area is 89.5 Å². The second kappa shape index (κ2) is 4.91. The molecule has 1 aromatic rings. The Morgan fingerprint density at radius 2 is 2.13 bits per heavy atom. The Hall–Kier alpha value is -1.38. The van der Waals surface area contributed by atoms with Crippen molar-refractivity contribution in [3.05, 3.63) is 23.9 Å². The van der Waals surface area contributed by atoms with Crippen LogP contribution in [0.3, 0.4) is 0 Å². The standard InChI is InChI=1S/C12H15NO2/c14-9-10-6-7-13-12(8-10)15-11-4-2-1-3-5-11/h6-9,11H,1-5H2. The van der Waals surface area contributed by atoms with E-state index in [1.165, 1.54) is 19.3 Å². The van der Waals surface area contributed by atoms with Crippen molar-refractivity contribution in [3.8, 4) is 5.88 Å². The van der Waals surface area contributed by atoms with Crippen LogP contribution in [0.25, 0.3) is 0 Å². The Bertz CT molecular complexity index is 332. The topological polar surface area (TPSA) is 39.2 Å². The highest BCUT2D eigenvalue weighted by molar-refractivity contribution is 5.74. The number of carbonyl (C=O) groups is 1. The van der Waals surface area contributed by atoms with Crippen LogP contribution in [0, 0.1) is 0 Å². The van der Waals surface area contributed by atoms with Crippen LogP contribution in [0.1, 0.15) is 42.5 Å². The van der Waals surface area contributed by atoms with Gasteiger partial charge in [-0.25, -0.2) is 4.98 Å². The van der Waals surface area contributed by atoms with Crippen molar-refractivity contribution >= 4 is 6.29 Å². The molecule has 0 amide bonds. The lowest BCUT2D eigenvalue weighted by atomic mass is 9.98. The van der Waals surface area contributed by atoms with Crippen LogP contribution < -0.4 is 4.74 Å². The summed E-state index contributed by atoms with van der Waals surface area (Å²) in [5.41, 5.74) is 0.621. The van der Waals surface area contributed by atoms with E-state index in [1.54, 1.807) is 18.3 Å². The molecule has 0 unspecified atom stereocenters. The summed E-state index contributed by atoms with van der Waals surface area (Å²) < 4.78 is 5.73. The fourth-order valence-electron chi connectivity index (χ4n) is 1.92. The zero-order valence-electron chi connectivity index (χ0n) is 8.69. The monoisotopic (exact) mass is 205 g/mol. The minimum atomic E-state index is 0.285. The number of hydrogen-bond donors (Lipinski definition) is 0. The van der Waals surface area contributed by atoms with E-state index in [-0.39, 0.29) is 6.10 Å². The molecule has 0 saturated heterocycles. The van der Waals surface area contributed by atoms with E-state index in [0.29, 0.717) is 11.4 Å². The molecule has 0 aromatic carbocycles. The summed E-state index contributed by atoms with van der Waals surface area (Å²) in [6, 6.07) is 3.38. The van der Waals surface area contributed by atoms with Crippen LogP contribution >= 0.6 is 0 Å². The Balaban J connectivity index is 1.99. The highest BCUT2D eigenvalue weighted by Crippen LogP contribution is 2.22. The van der Waals surface area contributed by atoms with Gasteiger partial charge in [-0.15, -0.1) is 0 Å². The summed E-state index contributed by atoms with van der Waals surface area (Å²) in [5.74, 6) is 0.575. The number of carbonyl (C=O) groups excluding carboxylic acids is 1. The molecular weight excluding hydrogens is 190 g/mol. The van der Waals surface area contributed by atoms with Crippen LogP contribution in [0.2, 0.25) is 0 Å². The normalized spacial score (nSPS) is 17.3. The van der Waals surface area contributed by atoms with Gasteiger partial charge in [0.05, 0.1) is 0 Å². The smallest absolute Gasteiger partial charge is 0.214 e. The molecular formula is C12H15NO2. The number of aldehydes is 1. The SMILES string of the molecule is O=Cc1ccnc(OC2CCCCC2)c1. The molecule has 0 spiro atoms. The van der Waals surface area contributed by atoms with Gasteiger partial charge in [-0.3, -0.25) is 4.79 Å². The lowest BCUT2D eigenvalue weighted by Gasteiger charge is -2.22. The summed E-state index contributed by atoms with van der Waals surface area (Å²) in [5, 5.41) is 0. The Kier molecular flexibility index (Phi) is 3.33. The maximum absolute atomic E-state index is 10.6. The Morgan fingerprint density at radius 1 is 1.33 bits per heavy atom. The van der Waals surface area contributed by atoms with E-state index < -0.39 is 0 Å². The van der Waals surface area contributed by atoms with Gasteiger partial charge in [0.25, 0.3) is 0 Å². The molecule has 1 saturated carbocycles. The van der Waals surface area contributed by atoms with Crippen molar-refractivity contribution in [2.24, 2.45) is 0 Å². The summed E-state index contributed by atoms with van der Waals surface area (Å²) in [6.45, 7) is 0. The molecule has 1 aliphatic rings. The first kappa shape index (κ1) is 10.1. The molecule has 0 aliphatic heterocycles. The van der Waals surface area contributed by atoms with Crippen molar-refractivity contribution in [1.82, 2.24) is 4.98 Å². The predicted octanol–water partition coefficient (Wildman–Crippen LogP) is 2.61. The minimum absolute atomic E-state index is 0.285. The maximum Gasteiger partial charge on any atom is 0.214 e. The average molecular weight is 205 g/mol. The number of nitrogens with zero attached hydrogens (tertiary/aromatic N) is 1. The first-order valence-electron chi connectivity index (χ1n) is 5.46. The van der Waals surface area contributed by atoms with Crippen molar-refractivity contribution in [1.29, 1.82) is 0 Å². The molecule has 1 fully saturated rings. The number of rotatable bonds is 3. The summed E-state index contributed by atoms with van der Waals surface area (Å²) >= 11 is 0. The van der Waals surface area contributed by atoms with Crippen molar-refractivity contribution < 1.29 is 9.53 Å². The van der Waals surface area contributed by atoms with E-state index in [9.17, 15) is 4.79 Å². The largest absolute Gasteiger partial charge is 0.474 e. The van der Waals surface area contributed by atoms with Crippen LogP contribution in [-0.4, -0.2) is 17.4 Å². The zero-order chi connectivity index (χ0) is 10.5. The average Bonchev–Trinajstić information content (AvgIpc) is 2.31. The second-order valence-corrected chi connectivity index (χ2v) is 3.92.